The maximum absolute atomic E-state index is 5.69. The van der Waals surface area contributed by atoms with E-state index >= 15 is 0 Å². The number of nitrogens with one attached hydrogen (secondary N) is 1. The standard InChI is InChI=1S/C16H24N6O/c1-22(2)15-17-9-13(10-18-15)11-19-16-21-20-14(23-16)8-12-6-4-3-5-7-12/h9-10,12H,3-8,11H2,1-2H3,(H,19,21). The summed E-state index contributed by atoms with van der Waals surface area (Å²) in [5.41, 5.74) is 0.975. The van der Waals surface area contributed by atoms with Crippen molar-refractivity contribution in [2.75, 3.05) is 24.3 Å². The average Bonchev–Trinajstić information content (AvgIpc) is 3.02. The van der Waals surface area contributed by atoms with E-state index in [2.05, 4.69) is 25.5 Å². The third-order valence-corrected chi connectivity index (χ3v) is 4.19. The second-order valence-corrected chi connectivity index (χ2v) is 6.35. The third kappa shape index (κ3) is 4.40. The molecule has 124 valence electrons. The van der Waals surface area contributed by atoms with Gasteiger partial charge in [-0.25, -0.2) is 9.97 Å². The Labute approximate surface area is 136 Å². The Morgan fingerprint density at radius 2 is 1.87 bits per heavy atom. The minimum Gasteiger partial charge on any atom is -0.408 e. The Bertz CT molecular complexity index is 603. The first kappa shape index (κ1) is 15.7. The first-order chi connectivity index (χ1) is 11.2. The largest absolute Gasteiger partial charge is 0.408 e. The molecule has 1 N–H and O–H groups in total. The molecule has 0 radical (unpaired) electrons. The van der Waals surface area contributed by atoms with Crippen LogP contribution in [0.3, 0.4) is 0 Å². The highest BCUT2D eigenvalue weighted by molar-refractivity contribution is 5.28. The minimum atomic E-state index is 0.465. The van der Waals surface area contributed by atoms with Crippen LogP contribution in [0.5, 0.6) is 0 Å². The van der Waals surface area contributed by atoms with E-state index in [4.69, 9.17) is 4.42 Å². The van der Waals surface area contributed by atoms with Gasteiger partial charge < -0.3 is 14.6 Å². The molecule has 1 aliphatic carbocycles. The molecule has 0 saturated heterocycles. The van der Waals surface area contributed by atoms with Crippen LogP contribution in [0.15, 0.2) is 16.8 Å². The Morgan fingerprint density at radius 3 is 2.57 bits per heavy atom. The van der Waals surface area contributed by atoms with Gasteiger partial charge >= 0.3 is 6.01 Å². The lowest BCUT2D eigenvalue weighted by Crippen LogP contribution is -2.13. The monoisotopic (exact) mass is 316 g/mol. The molecule has 0 atom stereocenters. The predicted molar refractivity (Wildman–Crippen MR) is 88.3 cm³/mol. The fourth-order valence-electron chi connectivity index (χ4n) is 2.89. The maximum Gasteiger partial charge on any atom is 0.315 e. The van der Waals surface area contributed by atoms with Crippen LogP contribution in [-0.4, -0.2) is 34.3 Å². The Morgan fingerprint density at radius 1 is 1.13 bits per heavy atom. The van der Waals surface area contributed by atoms with Gasteiger partial charge in [-0.05, 0) is 18.8 Å². The van der Waals surface area contributed by atoms with Crippen molar-refractivity contribution in [3.63, 3.8) is 0 Å². The summed E-state index contributed by atoms with van der Waals surface area (Å²) in [6, 6.07) is 0.465. The fourth-order valence-corrected chi connectivity index (χ4v) is 2.89. The van der Waals surface area contributed by atoms with E-state index in [-0.39, 0.29) is 0 Å². The Kier molecular flexibility index (Phi) is 5.05. The van der Waals surface area contributed by atoms with Crippen molar-refractivity contribution in [2.24, 2.45) is 5.92 Å². The summed E-state index contributed by atoms with van der Waals surface area (Å²) in [7, 11) is 3.83. The van der Waals surface area contributed by atoms with Crippen LogP contribution in [0, 0.1) is 5.92 Å². The molecule has 7 nitrogen and oxygen atoms in total. The summed E-state index contributed by atoms with van der Waals surface area (Å²) in [5.74, 6) is 2.13. The molecule has 1 aliphatic rings. The van der Waals surface area contributed by atoms with E-state index in [9.17, 15) is 0 Å². The maximum atomic E-state index is 5.69. The van der Waals surface area contributed by atoms with Crippen LogP contribution >= 0.6 is 0 Å². The van der Waals surface area contributed by atoms with Gasteiger partial charge in [0.25, 0.3) is 0 Å². The summed E-state index contributed by atoms with van der Waals surface area (Å²) in [6.45, 7) is 0.568. The number of nitrogens with zero attached hydrogens (tertiary/aromatic N) is 5. The Balaban J connectivity index is 1.50. The second-order valence-electron chi connectivity index (χ2n) is 6.35. The molecule has 0 aliphatic heterocycles. The van der Waals surface area contributed by atoms with Crippen molar-refractivity contribution >= 4 is 12.0 Å². The van der Waals surface area contributed by atoms with E-state index in [1.807, 2.05) is 19.0 Å². The van der Waals surface area contributed by atoms with Gasteiger partial charge in [-0.1, -0.05) is 24.4 Å². The topological polar surface area (TPSA) is 80.0 Å². The zero-order valence-corrected chi connectivity index (χ0v) is 13.8. The van der Waals surface area contributed by atoms with Crippen molar-refractivity contribution in [3.8, 4) is 0 Å². The Hall–Kier alpha value is -2.18. The van der Waals surface area contributed by atoms with Crippen molar-refractivity contribution in [2.45, 2.75) is 45.1 Å². The highest BCUT2D eigenvalue weighted by Gasteiger charge is 2.17. The lowest BCUT2D eigenvalue weighted by atomic mass is 9.87. The molecular formula is C16H24N6O. The van der Waals surface area contributed by atoms with Crippen LogP contribution < -0.4 is 10.2 Å². The predicted octanol–water partition coefficient (Wildman–Crippen LogP) is 2.66. The molecule has 2 aromatic heterocycles. The van der Waals surface area contributed by atoms with Crippen LogP contribution in [0.2, 0.25) is 0 Å². The molecule has 0 unspecified atom stereocenters. The zero-order chi connectivity index (χ0) is 16.1. The van der Waals surface area contributed by atoms with E-state index in [1.54, 1.807) is 12.4 Å². The number of hydrogen-bond donors (Lipinski definition) is 1. The van der Waals surface area contributed by atoms with Gasteiger partial charge in [0.15, 0.2) is 0 Å². The van der Waals surface area contributed by atoms with Gasteiger partial charge in [-0.2, -0.15) is 0 Å². The van der Waals surface area contributed by atoms with Crippen molar-refractivity contribution in [3.05, 3.63) is 23.8 Å². The van der Waals surface area contributed by atoms with Crippen molar-refractivity contribution < 1.29 is 4.42 Å². The number of rotatable bonds is 6. The summed E-state index contributed by atoms with van der Waals surface area (Å²) in [4.78, 5) is 10.4. The molecule has 3 rings (SSSR count). The third-order valence-electron chi connectivity index (χ3n) is 4.19. The second kappa shape index (κ2) is 7.39. The summed E-state index contributed by atoms with van der Waals surface area (Å²) < 4.78 is 5.69. The fraction of sp³-hybridized carbons (Fsp3) is 0.625. The van der Waals surface area contributed by atoms with Crippen LogP contribution in [-0.2, 0) is 13.0 Å². The number of hydrogen-bond acceptors (Lipinski definition) is 7. The minimum absolute atomic E-state index is 0.465. The molecular weight excluding hydrogens is 292 g/mol. The molecule has 1 fully saturated rings. The molecule has 0 bridgehead atoms. The molecule has 0 aromatic carbocycles. The summed E-state index contributed by atoms with van der Waals surface area (Å²) in [6.07, 6.45) is 11.1. The van der Waals surface area contributed by atoms with Gasteiger partial charge in [-0.3, -0.25) is 0 Å². The van der Waals surface area contributed by atoms with E-state index in [0.717, 1.165) is 17.9 Å². The molecule has 23 heavy (non-hydrogen) atoms. The van der Waals surface area contributed by atoms with Gasteiger partial charge in [0.05, 0.1) is 0 Å². The normalized spacial score (nSPS) is 15.6. The van der Waals surface area contributed by atoms with Crippen LogP contribution in [0.1, 0.15) is 43.6 Å². The molecule has 0 amide bonds. The van der Waals surface area contributed by atoms with E-state index in [1.165, 1.54) is 32.1 Å². The van der Waals surface area contributed by atoms with Gasteiger partial charge in [0, 0.05) is 45.0 Å². The van der Waals surface area contributed by atoms with Crippen LogP contribution in [0.25, 0.3) is 0 Å². The number of aromatic nitrogens is 4. The molecule has 2 heterocycles. The molecule has 1 saturated carbocycles. The molecule has 0 spiro atoms. The lowest BCUT2D eigenvalue weighted by Gasteiger charge is -2.19. The first-order valence-corrected chi connectivity index (χ1v) is 8.25. The first-order valence-electron chi connectivity index (χ1n) is 8.25. The van der Waals surface area contributed by atoms with Crippen LogP contribution in [0.4, 0.5) is 12.0 Å². The summed E-state index contributed by atoms with van der Waals surface area (Å²) >= 11 is 0. The highest BCUT2D eigenvalue weighted by atomic mass is 16.4. The van der Waals surface area contributed by atoms with Crippen molar-refractivity contribution in [1.29, 1.82) is 0 Å². The van der Waals surface area contributed by atoms with Gasteiger partial charge in [-0.15, -0.1) is 5.10 Å². The molecule has 7 heteroatoms. The smallest absolute Gasteiger partial charge is 0.315 e. The lowest BCUT2D eigenvalue weighted by molar-refractivity contribution is 0.330. The highest BCUT2D eigenvalue weighted by Crippen LogP contribution is 2.26. The van der Waals surface area contributed by atoms with E-state index in [0.29, 0.717) is 24.4 Å². The van der Waals surface area contributed by atoms with Gasteiger partial charge in [0.2, 0.25) is 11.8 Å². The van der Waals surface area contributed by atoms with Gasteiger partial charge in [0.1, 0.15) is 0 Å². The van der Waals surface area contributed by atoms with Crippen molar-refractivity contribution in [1.82, 2.24) is 20.2 Å². The summed E-state index contributed by atoms with van der Waals surface area (Å²) in [5, 5.41) is 11.3. The SMILES string of the molecule is CN(C)c1ncc(CNc2nnc(CC3CCCCC3)o2)cn1. The van der Waals surface area contributed by atoms with E-state index < -0.39 is 0 Å². The quantitative estimate of drug-likeness (QED) is 0.877. The zero-order valence-electron chi connectivity index (χ0n) is 13.8. The number of anilines is 2. The average molecular weight is 316 g/mol. The molecule has 2 aromatic rings.